The van der Waals surface area contributed by atoms with Crippen molar-refractivity contribution in [2.45, 2.75) is 6.42 Å². The lowest BCUT2D eigenvalue weighted by atomic mass is 9.93. The molecule has 0 atom stereocenters. The van der Waals surface area contributed by atoms with E-state index in [-0.39, 0.29) is 0 Å². The van der Waals surface area contributed by atoms with Crippen molar-refractivity contribution in [3.8, 4) is 22.3 Å². The monoisotopic (exact) mass is 460 g/mol. The zero-order valence-corrected chi connectivity index (χ0v) is 19.8. The van der Waals surface area contributed by atoms with Crippen LogP contribution in [0.5, 0.6) is 0 Å². The van der Waals surface area contributed by atoms with Gasteiger partial charge in [0.1, 0.15) is 11.2 Å². The zero-order chi connectivity index (χ0) is 23.9. The Morgan fingerprint density at radius 1 is 0.444 bits per heavy atom. The van der Waals surface area contributed by atoms with E-state index in [1.165, 1.54) is 49.4 Å². The molecule has 0 aliphatic carbocycles. The summed E-state index contributed by atoms with van der Waals surface area (Å²) in [6, 6.07) is 47.3. The summed E-state index contributed by atoms with van der Waals surface area (Å²) in [4.78, 5) is 0. The number of hydrogen-bond acceptors (Lipinski definition) is 1. The van der Waals surface area contributed by atoms with Crippen LogP contribution in [0.3, 0.4) is 0 Å². The van der Waals surface area contributed by atoms with E-state index in [4.69, 9.17) is 4.42 Å². The van der Waals surface area contributed by atoms with Crippen LogP contribution in [0.25, 0.3) is 55.0 Å². The molecule has 0 radical (unpaired) electrons. The van der Waals surface area contributed by atoms with Crippen LogP contribution in [0.15, 0.2) is 138 Å². The van der Waals surface area contributed by atoms with Crippen LogP contribution >= 0.6 is 0 Å². The molecule has 0 saturated heterocycles. The van der Waals surface area contributed by atoms with E-state index in [1.54, 1.807) is 0 Å². The van der Waals surface area contributed by atoms with Crippen LogP contribution in [-0.2, 0) is 6.42 Å². The van der Waals surface area contributed by atoms with Gasteiger partial charge in [-0.05, 0) is 44.7 Å². The highest BCUT2D eigenvalue weighted by molar-refractivity contribution is 6.22. The molecule has 170 valence electrons. The van der Waals surface area contributed by atoms with Gasteiger partial charge in [-0.2, -0.15) is 0 Å². The van der Waals surface area contributed by atoms with Crippen molar-refractivity contribution >= 4 is 32.7 Å². The first-order chi connectivity index (χ1) is 17.9. The highest BCUT2D eigenvalue weighted by atomic mass is 16.3. The summed E-state index contributed by atoms with van der Waals surface area (Å²) in [5.74, 6) is 0. The van der Waals surface area contributed by atoms with Gasteiger partial charge in [0.25, 0.3) is 0 Å². The van der Waals surface area contributed by atoms with Crippen molar-refractivity contribution in [1.29, 1.82) is 0 Å². The molecule has 1 nitrogen and oxygen atoms in total. The van der Waals surface area contributed by atoms with Crippen LogP contribution in [0.1, 0.15) is 11.1 Å². The zero-order valence-electron chi connectivity index (χ0n) is 19.8. The molecule has 7 rings (SSSR count). The normalized spacial score (nSPS) is 11.4. The van der Waals surface area contributed by atoms with E-state index in [2.05, 4.69) is 133 Å². The van der Waals surface area contributed by atoms with Crippen LogP contribution in [0, 0.1) is 0 Å². The number of furan rings is 1. The van der Waals surface area contributed by atoms with Gasteiger partial charge in [0, 0.05) is 22.8 Å². The van der Waals surface area contributed by atoms with E-state index < -0.39 is 0 Å². The van der Waals surface area contributed by atoms with Gasteiger partial charge in [0.05, 0.1) is 0 Å². The maximum Gasteiger partial charge on any atom is 0.143 e. The van der Waals surface area contributed by atoms with Gasteiger partial charge < -0.3 is 4.42 Å². The second-order valence-corrected chi connectivity index (χ2v) is 9.31. The second-order valence-electron chi connectivity index (χ2n) is 9.31. The lowest BCUT2D eigenvalue weighted by Gasteiger charge is -2.10. The summed E-state index contributed by atoms with van der Waals surface area (Å²) in [5.41, 5.74) is 9.24. The van der Waals surface area contributed by atoms with Gasteiger partial charge in [0.2, 0.25) is 0 Å². The topological polar surface area (TPSA) is 13.1 Å². The van der Waals surface area contributed by atoms with Crippen LogP contribution < -0.4 is 0 Å². The Bertz CT molecular complexity index is 1840. The van der Waals surface area contributed by atoms with Crippen molar-refractivity contribution in [2.24, 2.45) is 0 Å². The number of rotatable bonds is 4. The van der Waals surface area contributed by atoms with E-state index in [0.29, 0.717) is 0 Å². The fourth-order valence-corrected chi connectivity index (χ4v) is 5.46. The van der Waals surface area contributed by atoms with Gasteiger partial charge in [-0.15, -0.1) is 0 Å². The average Bonchev–Trinajstić information content (AvgIpc) is 3.35. The lowest BCUT2D eigenvalue weighted by Crippen LogP contribution is -1.92. The first-order valence-electron chi connectivity index (χ1n) is 12.4. The van der Waals surface area contributed by atoms with Crippen LogP contribution in [0.2, 0.25) is 0 Å². The molecule has 0 N–H and O–H groups in total. The Hall–Kier alpha value is -4.62. The Morgan fingerprint density at radius 3 is 1.86 bits per heavy atom. The second kappa shape index (κ2) is 8.55. The molecule has 0 aliphatic heterocycles. The van der Waals surface area contributed by atoms with E-state index in [0.717, 1.165) is 23.2 Å². The molecule has 0 bridgehead atoms. The minimum Gasteiger partial charge on any atom is -0.455 e. The quantitative estimate of drug-likeness (QED) is 0.255. The van der Waals surface area contributed by atoms with E-state index in [1.807, 2.05) is 0 Å². The molecule has 0 amide bonds. The highest BCUT2D eigenvalue weighted by Crippen LogP contribution is 2.42. The fourth-order valence-electron chi connectivity index (χ4n) is 5.46. The van der Waals surface area contributed by atoms with Crippen molar-refractivity contribution in [3.63, 3.8) is 0 Å². The smallest absolute Gasteiger partial charge is 0.143 e. The molecule has 1 heteroatoms. The predicted octanol–water partition coefficient (Wildman–Crippen LogP) is 9.66. The first kappa shape index (κ1) is 20.7. The summed E-state index contributed by atoms with van der Waals surface area (Å²) >= 11 is 0. The maximum atomic E-state index is 6.80. The Morgan fingerprint density at radius 2 is 1.06 bits per heavy atom. The van der Waals surface area contributed by atoms with Gasteiger partial charge in [-0.1, -0.05) is 127 Å². The maximum absolute atomic E-state index is 6.80. The van der Waals surface area contributed by atoms with Crippen LogP contribution in [-0.4, -0.2) is 0 Å². The van der Waals surface area contributed by atoms with Gasteiger partial charge >= 0.3 is 0 Å². The SMILES string of the molecule is c1ccc(-c2ccccc2Cc2cccc3c2oc2c(-c4ccccc4)cc4ccccc4c23)cc1. The minimum atomic E-state index is 0.806. The fraction of sp³-hybridized carbons (Fsp3) is 0.0286. The summed E-state index contributed by atoms with van der Waals surface area (Å²) in [6.45, 7) is 0. The molecule has 6 aromatic carbocycles. The molecular weight excluding hydrogens is 436 g/mol. The minimum absolute atomic E-state index is 0.806. The van der Waals surface area contributed by atoms with Crippen molar-refractivity contribution in [3.05, 3.63) is 145 Å². The van der Waals surface area contributed by atoms with Crippen LogP contribution in [0.4, 0.5) is 0 Å². The summed E-state index contributed by atoms with van der Waals surface area (Å²) in [6.07, 6.45) is 0.806. The average molecular weight is 461 g/mol. The number of hydrogen-bond donors (Lipinski definition) is 0. The molecule has 0 spiro atoms. The summed E-state index contributed by atoms with van der Waals surface area (Å²) in [7, 11) is 0. The summed E-state index contributed by atoms with van der Waals surface area (Å²) in [5, 5.41) is 4.83. The summed E-state index contributed by atoms with van der Waals surface area (Å²) < 4.78 is 6.80. The van der Waals surface area contributed by atoms with Crippen molar-refractivity contribution in [1.82, 2.24) is 0 Å². The number of para-hydroxylation sites is 1. The molecule has 36 heavy (non-hydrogen) atoms. The van der Waals surface area contributed by atoms with E-state index >= 15 is 0 Å². The van der Waals surface area contributed by atoms with Gasteiger partial charge in [-0.3, -0.25) is 0 Å². The predicted molar refractivity (Wildman–Crippen MR) is 151 cm³/mol. The molecule has 0 saturated carbocycles. The Kier molecular flexibility index (Phi) is 4.92. The van der Waals surface area contributed by atoms with E-state index in [9.17, 15) is 0 Å². The molecule has 0 aliphatic rings. The molecule has 1 heterocycles. The van der Waals surface area contributed by atoms with Gasteiger partial charge in [-0.25, -0.2) is 0 Å². The Balaban J connectivity index is 1.48. The molecule has 0 unspecified atom stereocenters. The van der Waals surface area contributed by atoms with Crippen molar-refractivity contribution < 1.29 is 4.42 Å². The standard InChI is InChI=1S/C35H24O/c1-3-12-24(13-4-1)29-19-9-7-16-26(29)22-28-18-11-21-31-33-30-20-10-8-17-27(30)23-32(35(33)36-34(28)31)25-14-5-2-6-15-25/h1-21,23H,22H2. The molecule has 1 aromatic heterocycles. The third-order valence-electron chi connectivity index (χ3n) is 7.14. The lowest BCUT2D eigenvalue weighted by molar-refractivity contribution is 0.665. The third-order valence-corrected chi connectivity index (χ3v) is 7.14. The third kappa shape index (κ3) is 3.40. The highest BCUT2D eigenvalue weighted by Gasteiger charge is 2.18. The number of fused-ring (bicyclic) bond motifs is 5. The molecular formula is C35H24O. The Labute approximate surface area is 210 Å². The largest absolute Gasteiger partial charge is 0.455 e. The molecule has 7 aromatic rings. The first-order valence-corrected chi connectivity index (χ1v) is 12.4. The number of benzene rings is 6. The van der Waals surface area contributed by atoms with Crippen molar-refractivity contribution in [2.75, 3.05) is 0 Å². The molecule has 0 fully saturated rings. The van der Waals surface area contributed by atoms with Gasteiger partial charge in [0.15, 0.2) is 0 Å².